The number of likely N-dealkylation sites (N-methyl/N-ethyl adjacent to an activating group) is 1. The van der Waals surface area contributed by atoms with Crippen molar-refractivity contribution in [2.24, 2.45) is 0 Å². The lowest BCUT2D eigenvalue weighted by Crippen LogP contribution is -2.30. The fraction of sp³-hybridized carbons (Fsp3) is 0.600. The van der Waals surface area contributed by atoms with Crippen LogP contribution in [0.2, 0.25) is 0 Å². The monoisotopic (exact) mass is 275 g/mol. The van der Waals surface area contributed by atoms with Gasteiger partial charge in [-0.3, -0.25) is 4.90 Å². The number of nitrogens with zero attached hydrogens (tertiary/aromatic N) is 1. The number of rotatable bonds is 3. The van der Waals surface area contributed by atoms with Crippen molar-refractivity contribution >= 4 is 27.3 Å². The third-order valence-corrected chi connectivity index (χ3v) is 4.24. The van der Waals surface area contributed by atoms with Crippen molar-refractivity contribution in [3.8, 4) is 0 Å². The first kappa shape index (κ1) is 10.6. The molecule has 4 heteroatoms. The molecule has 2 heterocycles. The largest absolute Gasteiger partial charge is 0.380 e. The summed E-state index contributed by atoms with van der Waals surface area (Å²) in [5.74, 6) is 0. The van der Waals surface area contributed by atoms with Gasteiger partial charge in [0, 0.05) is 33.9 Å². The molecule has 0 aliphatic carbocycles. The van der Waals surface area contributed by atoms with E-state index in [1.165, 1.54) is 15.8 Å². The van der Waals surface area contributed by atoms with Crippen molar-refractivity contribution in [2.45, 2.75) is 19.0 Å². The Morgan fingerprint density at radius 2 is 2.57 bits per heavy atom. The van der Waals surface area contributed by atoms with Crippen LogP contribution in [0.1, 0.15) is 11.3 Å². The molecule has 0 amide bonds. The highest BCUT2D eigenvalue weighted by atomic mass is 79.9. The zero-order valence-corrected chi connectivity index (χ0v) is 10.6. The summed E-state index contributed by atoms with van der Waals surface area (Å²) in [6.07, 6.45) is 1.17. The molecule has 0 N–H and O–H groups in total. The van der Waals surface area contributed by atoms with E-state index in [0.717, 1.165) is 19.8 Å². The molecule has 1 aromatic rings. The van der Waals surface area contributed by atoms with Gasteiger partial charge in [0.2, 0.25) is 0 Å². The predicted molar refractivity (Wildman–Crippen MR) is 62.7 cm³/mol. The van der Waals surface area contributed by atoms with E-state index >= 15 is 0 Å². The van der Waals surface area contributed by atoms with Gasteiger partial charge in [0.05, 0.1) is 6.61 Å². The lowest BCUT2D eigenvalue weighted by atomic mass is 10.2. The SMILES string of the molecule is CN(Cc1cc(Br)cs1)C1CCOC1. The van der Waals surface area contributed by atoms with Gasteiger partial charge < -0.3 is 4.74 Å². The van der Waals surface area contributed by atoms with E-state index in [2.05, 4.69) is 39.3 Å². The Morgan fingerprint density at radius 1 is 1.71 bits per heavy atom. The van der Waals surface area contributed by atoms with Crippen LogP contribution in [0.3, 0.4) is 0 Å². The van der Waals surface area contributed by atoms with Gasteiger partial charge in [0.1, 0.15) is 0 Å². The molecule has 0 radical (unpaired) electrons. The molecule has 0 spiro atoms. The highest BCUT2D eigenvalue weighted by Crippen LogP contribution is 2.22. The number of hydrogen-bond acceptors (Lipinski definition) is 3. The minimum atomic E-state index is 0.607. The van der Waals surface area contributed by atoms with Crippen LogP contribution in [0.25, 0.3) is 0 Å². The second-order valence-corrected chi connectivity index (χ2v) is 5.58. The first-order chi connectivity index (χ1) is 6.75. The van der Waals surface area contributed by atoms with Gasteiger partial charge in [-0.25, -0.2) is 0 Å². The fourth-order valence-corrected chi connectivity index (χ4v) is 3.19. The zero-order valence-electron chi connectivity index (χ0n) is 8.20. The maximum Gasteiger partial charge on any atom is 0.0622 e. The quantitative estimate of drug-likeness (QED) is 0.841. The molecule has 1 aromatic heterocycles. The summed E-state index contributed by atoms with van der Waals surface area (Å²) in [7, 11) is 2.17. The molecule has 1 aliphatic heterocycles. The molecule has 2 rings (SSSR count). The number of hydrogen-bond donors (Lipinski definition) is 0. The summed E-state index contributed by atoms with van der Waals surface area (Å²) in [6.45, 7) is 2.84. The normalized spacial score (nSPS) is 22.1. The van der Waals surface area contributed by atoms with Crippen LogP contribution >= 0.6 is 27.3 Å². The van der Waals surface area contributed by atoms with Gasteiger partial charge in [-0.05, 0) is 35.5 Å². The average Bonchev–Trinajstić information content (AvgIpc) is 2.75. The van der Waals surface area contributed by atoms with Crippen LogP contribution in [0.4, 0.5) is 0 Å². The van der Waals surface area contributed by atoms with Crippen molar-refractivity contribution < 1.29 is 4.74 Å². The van der Waals surface area contributed by atoms with Gasteiger partial charge in [0.25, 0.3) is 0 Å². The van der Waals surface area contributed by atoms with E-state index < -0.39 is 0 Å². The molecule has 1 fully saturated rings. The Morgan fingerprint density at radius 3 is 3.14 bits per heavy atom. The second-order valence-electron chi connectivity index (χ2n) is 3.66. The third-order valence-electron chi connectivity index (χ3n) is 2.56. The Balaban J connectivity index is 1.90. The van der Waals surface area contributed by atoms with Crippen LogP contribution in [0, 0.1) is 0 Å². The van der Waals surface area contributed by atoms with Crippen LogP contribution in [-0.2, 0) is 11.3 Å². The highest BCUT2D eigenvalue weighted by molar-refractivity contribution is 9.10. The van der Waals surface area contributed by atoms with Gasteiger partial charge in [-0.15, -0.1) is 11.3 Å². The molecule has 0 aromatic carbocycles. The smallest absolute Gasteiger partial charge is 0.0622 e. The molecule has 2 nitrogen and oxygen atoms in total. The number of halogens is 1. The van der Waals surface area contributed by atoms with Crippen molar-refractivity contribution in [3.63, 3.8) is 0 Å². The van der Waals surface area contributed by atoms with Crippen molar-refractivity contribution in [3.05, 3.63) is 20.8 Å². The van der Waals surface area contributed by atoms with E-state index in [0.29, 0.717) is 6.04 Å². The fourth-order valence-electron chi connectivity index (χ4n) is 1.68. The van der Waals surface area contributed by atoms with E-state index in [4.69, 9.17) is 4.74 Å². The highest BCUT2D eigenvalue weighted by Gasteiger charge is 2.20. The number of thiophene rings is 1. The van der Waals surface area contributed by atoms with Gasteiger partial charge in [-0.1, -0.05) is 0 Å². The van der Waals surface area contributed by atoms with Gasteiger partial charge >= 0.3 is 0 Å². The molecule has 0 saturated carbocycles. The molecule has 14 heavy (non-hydrogen) atoms. The molecule has 1 aliphatic rings. The summed E-state index contributed by atoms with van der Waals surface area (Å²) in [6, 6.07) is 2.80. The van der Waals surface area contributed by atoms with Crippen LogP contribution < -0.4 is 0 Å². The Labute approximate surface area is 97.0 Å². The first-order valence-electron chi connectivity index (χ1n) is 4.76. The second kappa shape index (κ2) is 4.75. The zero-order chi connectivity index (χ0) is 9.97. The summed E-state index contributed by atoms with van der Waals surface area (Å²) >= 11 is 5.28. The summed E-state index contributed by atoms with van der Waals surface area (Å²) in [5.41, 5.74) is 0. The maximum atomic E-state index is 5.37. The van der Waals surface area contributed by atoms with Crippen LogP contribution in [0.15, 0.2) is 15.9 Å². The van der Waals surface area contributed by atoms with E-state index in [9.17, 15) is 0 Å². The molecule has 1 saturated heterocycles. The molecule has 1 unspecified atom stereocenters. The van der Waals surface area contributed by atoms with E-state index in [1.54, 1.807) is 0 Å². The molecular formula is C10H14BrNOS. The van der Waals surface area contributed by atoms with Crippen molar-refractivity contribution in [1.82, 2.24) is 4.90 Å². The van der Waals surface area contributed by atoms with Gasteiger partial charge in [-0.2, -0.15) is 0 Å². The minimum absolute atomic E-state index is 0.607. The van der Waals surface area contributed by atoms with Crippen molar-refractivity contribution in [1.29, 1.82) is 0 Å². The van der Waals surface area contributed by atoms with Crippen LogP contribution in [0.5, 0.6) is 0 Å². The van der Waals surface area contributed by atoms with Crippen LogP contribution in [-0.4, -0.2) is 31.2 Å². The van der Waals surface area contributed by atoms with E-state index in [1.807, 2.05) is 11.3 Å². The lowest BCUT2D eigenvalue weighted by molar-refractivity contribution is 0.157. The Hall–Kier alpha value is 0.1000. The minimum Gasteiger partial charge on any atom is -0.380 e. The van der Waals surface area contributed by atoms with Crippen molar-refractivity contribution in [2.75, 3.05) is 20.3 Å². The molecule has 1 atom stereocenters. The average molecular weight is 276 g/mol. The number of ether oxygens (including phenoxy) is 1. The Bertz CT molecular complexity index is 296. The molecule has 78 valence electrons. The first-order valence-corrected chi connectivity index (χ1v) is 6.44. The predicted octanol–water partition coefficient (Wildman–Crippen LogP) is 2.73. The summed E-state index contributed by atoms with van der Waals surface area (Å²) < 4.78 is 6.56. The standard InChI is InChI=1S/C10H14BrNOS/c1-12(9-2-3-13-6-9)5-10-4-8(11)7-14-10/h4,7,9H,2-3,5-6H2,1H3. The lowest BCUT2D eigenvalue weighted by Gasteiger charge is -2.21. The molecule has 0 bridgehead atoms. The van der Waals surface area contributed by atoms with E-state index in [-0.39, 0.29) is 0 Å². The summed E-state index contributed by atoms with van der Waals surface area (Å²) in [4.78, 5) is 3.79. The molecular weight excluding hydrogens is 262 g/mol. The summed E-state index contributed by atoms with van der Waals surface area (Å²) in [5, 5.41) is 2.13. The topological polar surface area (TPSA) is 12.5 Å². The Kier molecular flexibility index (Phi) is 3.60. The third kappa shape index (κ3) is 2.57. The maximum absolute atomic E-state index is 5.37. The van der Waals surface area contributed by atoms with Gasteiger partial charge in [0.15, 0.2) is 0 Å².